The highest BCUT2D eigenvalue weighted by atomic mass is 16.4. The van der Waals surface area contributed by atoms with Gasteiger partial charge >= 0.3 is 12.0 Å². The van der Waals surface area contributed by atoms with Crippen LogP contribution >= 0.6 is 0 Å². The fourth-order valence-electron chi connectivity index (χ4n) is 1.13. The van der Waals surface area contributed by atoms with Crippen LogP contribution in [0.3, 0.4) is 0 Å². The summed E-state index contributed by atoms with van der Waals surface area (Å²) < 4.78 is 0. The van der Waals surface area contributed by atoms with Gasteiger partial charge in [-0.15, -0.1) is 0 Å². The molecular formula is C10H20N2O3. The van der Waals surface area contributed by atoms with Gasteiger partial charge in [0.2, 0.25) is 0 Å². The SMILES string of the molecule is CC[C@@H](C)[C@H](NC(=O)NC(C)C)C(=O)O. The molecule has 0 bridgehead atoms. The Balaban J connectivity index is 4.29. The molecule has 3 N–H and O–H groups in total. The van der Waals surface area contributed by atoms with Gasteiger partial charge in [-0.05, 0) is 19.8 Å². The number of carbonyl (C=O) groups is 2. The number of aliphatic carboxylic acids is 1. The van der Waals surface area contributed by atoms with Crippen LogP contribution in [0, 0.1) is 5.92 Å². The van der Waals surface area contributed by atoms with Gasteiger partial charge in [-0.2, -0.15) is 0 Å². The van der Waals surface area contributed by atoms with E-state index in [4.69, 9.17) is 5.11 Å². The van der Waals surface area contributed by atoms with Gasteiger partial charge in [-0.3, -0.25) is 0 Å². The standard InChI is InChI=1S/C10H20N2O3/c1-5-7(4)8(9(13)14)12-10(15)11-6(2)3/h6-8H,5H2,1-4H3,(H,13,14)(H2,11,12,15)/t7-,8+/m1/s1. The number of hydrogen-bond acceptors (Lipinski definition) is 2. The van der Waals surface area contributed by atoms with Crippen molar-refractivity contribution in [3.8, 4) is 0 Å². The Labute approximate surface area is 90.2 Å². The second-order valence-electron chi connectivity index (χ2n) is 3.97. The molecule has 0 aromatic rings. The Kier molecular flexibility index (Phi) is 5.74. The molecule has 5 heteroatoms. The average molecular weight is 216 g/mol. The summed E-state index contributed by atoms with van der Waals surface area (Å²) in [5.74, 6) is -1.08. The number of carbonyl (C=O) groups excluding carboxylic acids is 1. The summed E-state index contributed by atoms with van der Waals surface area (Å²) in [6.07, 6.45) is 0.707. The summed E-state index contributed by atoms with van der Waals surface area (Å²) in [6.45, 7) is 7.33. The molecule has 0 saturated carbocycles. The maximum absolute atomic E-state index is 11.3. The lowest BCUT2D eigenvalue weighted by Gasteiger charge is -2.21. The second kappa shape index (κ2) is 6.27. The van der Waals surface area contributed by atoms with Gasteiger partial charge in [-0.1, -0.05) is 20.3 Å². The molecule has 0 aliphatic carbocycles. The van der Waals surface area contributed by atoms with Crippen LogP contribution in [-0.2, 0) is 4.79 Å². The molecule has 0 heterocycles. The quantitative estimate of drug-likeness (QED) is 0.646. The molecule has 2 amide bonds. The van der Waals surface area contributed by atoms with Gasteiger partial charge in [0.1, 0.15) is 6.04 Å². The Morgan fingerprint density at radius 2 is 1.73 bits per heavy atom. The molecular weight excluding hydrogens is 196 g/mol. The normalized spacial score (nSPS) is 14.5. The van der Waals surface area contributed by atoms with Gasteiger partial charge in [-0.25, -0.2) is 9.59 Å². The Hall–Kier alpha value is -1.26. The van der Waals surface area contributed by atoms with E-state index < -0.39 is 18.0 Å². The molecule has 0 fully saturated rings. The first-order valence-electron chi connectivity index (χ1n) is 5.18. The smallest absolute Gasteiger partial charge is 0.326 e. The third-order valence-corrected chi connectivity index (χ3v) is 2.19. The minimum Gasteiger partial charge on any atom is -0.480 e. The summed E-state index contributed by atoms with van der Waals surface area (Å²) in [6, 6.07) is -1.26. The third-order valence-electron chi connectivity index (χ3n) is 2.19. The van der Waals surface area contributed by atoms with E-state index in [1.165, 1.54) is 0 Å². The average Bonchev–Trinajstić information content (AvgIpc) is 2.11. The van der Waals surface area contributed by atoms with Gasteiger partial charge in [0.25, 0.3) is 0 Å². The molecule has 0 saturated heterocycles. The van der Waals surface area contributed by atoms with Crippen molar-refractivity contribution < 1.29 is 14.7 Å². The molecule has 0 aliphatic heterocycles. The monoisotopic (exact) mass is 216 g/mol. The van der Waals surface area contributed by atoms with Crippen molar-refractivity contribution >= 4 is 12.0 Å². The minimum absolute atomic E-state index is 0.00335. The van der Waals surface area contributed by atoms with Crippen LogP contribution < -0.4 is 10.6 Å². The topological polar surface area (TPSA) is 78.4 Å². The third kappa shape index (κ3) is 5.24. The summed E-state index contributed by atoms with van der Waals surface area (Å²) in [5, 5.41) is 14.0. The minimum atomic E-state index is -0.997. The highest BCUT2D eigenvalue weighted by Gasteiger charge is 2.25. The molecule has 0 unspecified atom stereocenters. The van der Waals surface area contributed by atoms with Crippen molar-refractivity contribution in [2.45, 2.75) is 46.2 Å². The maximum atomic E-state index is 11.3. The number of hydrogen-bond donors (Lipinski definition) is 3. The zero-order valence-corrected chi connectivity index (χ0v) is 9.70. The van der Waals surface area contributed by atoms with Crippen LogP contribution in [-0.4, -0.2) is 29.2 Å². The van der Waals surface area contributed by atoms with E-state index in [0.717, 1.165) is 0 Å². The predicted molar refractivity (Wildman–Crippen MR) is 57.7 cm³/mol. The molecule has 0 aromatic carbocycles. The van der Waals surface area contributed by atoms with Crippen molar-refractivity contribution in [1.82, 2.24) is 10.6 Å². The largest absolute Gasteiger partial charge is 0.480 e. The molecule has 0 rings (SSSR count). The van der Waals surface area contributed by atoms with Crippen LogP contribution in [0.15, 0.2) is 0 Å². The number of urea groups is 1. The molecule has 0 aromatic heterocycles. The highest BCUT2D eigenvalue weighted by Crippen LogP contribution is 2.07. The zero-order chi connectivity index (χ0) is 12.0. The number of carboxylic acid groups (broad SMARTS) is 1. The molecule has 0 aliphatic rings. The number of rotatable bonds is 5. The number of carboxylic acids is 1. The van der Waals surface area contributed by atoms with Crippen LogP contribution in [0.5, 0.6) is 0 Å². The second-order valence-corrected chi connectivity index (χ2v) is 3.97. The summed E-state index contributed by atoms with van der Waals surface area (Å²) in [7, 11) is 0. The maximum Gasteiger partial charge on any atom is 0.326 e. The van der Waals surface area contributed by atoms with Crippen molar-refractivity contribution in [3.63, 3.8) is 0 Å². The summed E-state index contributed by atoms with van der Waals surface area (Å²) >= 11 is 0. The van der Waals surface area contributed by atoms with Gasteiger partial charge in [0, 0.05) is 6.04 Å². The molecule has 2 atom stereocenters. The van der Waals surface area contributed by atoms with E-state index in [1.54, 1.807) is 6.92 Å². The van der Waals surface area contributed by atoms with E-state index in [9.17, 15) is 9.59 Å². The number of amides is 2. The molecule has 0 radical (unpaired) electrons. The lowest BCUT2D eigenvalue weighted by atomic mass is 9.99. The Morgan fingerprint density at radius 3 is 2.07 bits per heavy atom. The first-order valence-corrected chi connectivity index (χ1v) is 5.18. The van der Waals surface area contributed by atoms with E-state index in [0.29, 0.717) is 6.42 Å². The highest BCUT2D eigenvalue weighted by molar-refractivity contribution is 5.82. The first-order chi connectivity index (χ1) is 6.88. The van der Waals surface area contributed by atoms with Gasteiger partial charge in [0.05, 0.1) is 0 Å². The fraction of sp³-hybridized carbons (Fsp3) is 0.800. The molecule has 88 valence electrons. The van der Waals surface area contributed by atoms with E-state index in [-0.39, 0.29) is 12.0 Å². The number of nitrogens with one attached hydrogen (secondary N) is 2. The van der Waals surface area contributed by atoms with Crippen LogP contribution in [0.25, 0.3) is 0 Å². The van der Waals surface area contributed by atoms with Crippen LogP contribution in [0.1, 0.15) is 34.1 Å². The molecule has 0 spiro atoms. The summed E-state index contributed by atoms with van der Waals surface area (Å²) in [5.41, 5.74) is 0. The van der Waals surface area contributed by atoms with Crippen molar-refractivity contribution in [2.75, 3.05) is 0 Å². The van der Waals surface area contributed by atoms with E-state index >= 15 is 0 Å². The Morgan fingerprint density at radius 1 is 1.20 bits per heavy atom. The zero-order valence-electron chi connectivity index (χ0n) is 9.70. The Bertz CT molecular complexity index is 229. The molecule has 5 nitrogen and oxygen atoms in total. The van der Waals surface area contributed by atoms with Crippen LogP contribution in [0.4, 0.5) is 4.79 Å². The predicted octanol–water partition coefficient (Wildman–Crippen LogP) is 1.19. The molecule has 15 heavy (non-hydrogen) atoms. The lowest BCUT2D eigenvalue weighted by molar-refractivity contribution is -0.140. The fourth-order valence-corrected chi connectivity index (χ4v) is 1.13. The lowest BCUT2D eigenvalue weighted by Crippen LogP contribution is -2.50. The van der Waals surface area contributed by atoms with Gasteiger partial charge in [0.15, 0.2) is 0 Å². The van der Waals surface area contributed by atoms with E-state index in [1.807, 2.05) is 20.8 Å². The van der Waals surface area contributed by atoms with Crippen molar-refractivity contribution in [1.29, 1.82) is 0 Å². The summed E-state index contributed by atoms with van der Waals surface area (Å²) in [4.78, 5) is 22.2. The van der Waals surface area contributed by atoms with E-state index in [2.05, 4.69) is 10.6 Å². The first kappa shape index (κ1) is 13.7. The van der Waals surface area contributed by atoms with Gasteiger partial charge < -0.3 is 15.7 Å². The van der Waals surface area contributed by atoms with Crippen molar-refractivity contribution in [3.05, 3.63) is 0 Å². The van der Waals surface area contributed by atoms with Crippen molar-refractivity contribution in [2.24, 2.45) is 5.92 Å². The van der Waals surface area contributed by atoms with Crippen LogP contribution in [0.2, 0.25) is 0 Å².